The van der Waals surface area contributed by atoms with E-state index in [0.717, 1.165) is 26.1 Å². The molecule has 1 aliphatic heterocycles. The zero-order valence-corrected chi connectivity index (χ0v) is 8.83. The number of rotatable bonds is 4. The predicted octanol–water partition coefficient (Wildman–Crippen LogP) is 1.75. The lowest BCUT2D eigenvalue weighted by molar-refractivity contribution is -0.132. The number of aliphatic carboxylic acids is 1. The maximum absolute atomic E-state index is 10.6. The highest BCUT2D eigenvalue weighted by atomic mass is 16.4. The van der Waals surface area contributed by atoms with E-state index in [-0.39, 0.29) is 0 Å². The lowest BCUT2D eigenvalue weighted by Crippen LogP contribution is -2.35. The lowest BCUT2D eigenvalue weighted by Gasteiger charge is -2.31. The Morgan fingerprint density at radius 3 is 2.93 bits per heavy atom. The molecular weight excluding hydrogens is 178 g/mol. The van der Waals surface area contributed by atoms with Crippen LogP contribution in [0, 0.1) is 5.92 Å². The van der Waals surface area contributed by atoms with E-state index in [9.17, 15) is 4.79 Å². The summed E-state index contributed by atoms with van der Waals surface area (Å²) < 4.78 is 0. The average Bonchev–Trinajstić information content (AvgIpc) is 2.18. The van der Waals surface area contributed by atoms with Crippen molar-refractivity contribution >= 4 is 5.97 Å². The molecule has 0 spiro atoms. The molecule has 3 heteroatoms. The van der Waals surface area contributed by atoms with E-state index in [0.29, 0.717) is 17.9 Å². The molecule has 1 unspecified atom stereocenters. The Morgan fingerprint density at radius 2 is 2.36 bits per heavy atom. The fourth-order valence-corrected chi connectivity index (χ4v) is 2.04. The number of likely N-dealkylation sites (tertiary alicyclic amines) is 1. The number of carboxylic acid groups (broad SMARTS) is 1. The first-order valence-electron chi connectivity index (χ1n) is 5.27. The van der Waals surface area contributed by atoms with E-state index in [1.54, 1.807) is 0 Å². The summed E-state index contributed by atoms with van der Waals surface area (Å²) in [5.41, 5.74) is 0.355. The van der Waals surface area contributed by atoms with Gasteiger partial charge in [-0.25, -0.2) is 4.79 Å². The minimum absolute atomic E-state index is 0.355. The number of piperidine rings is 1. The van der Waals surface area contributed by atoms with Crippen LogP contribution < -0.4 is 0 Å². The monoisotopic (exact) mass is 197 g/mol. The third-order valence-electron chi connectivity index (χ3n) is 2.89. The molecule has 80 valence electrons. The number of hydrogen-bond acceptors (Lipinski definition) is 2. The Bertz CT molecular complexity index is 225. The summed E-state index contributed by atoms with van der Waals surface area (Å²) in [6, 6.07) is 0. The van der Waals surface area contributed by atoms with Crippen molar-refractivity contribution < 1.29 is 9.90 Å². The van der Waals surface area contributed by atoms with Gasteiger partial charge < -0.3 is 10.0 Å². The van der Waals surface area contributed by atoms with Gasteiger partial charge in [-0.3, -0.25) is 0 Å². The number of carboxylic acids is 1. The first-order valence-corrected chi connectivity index (χ1v) is 5.27. The van der Waals surface area contributed by atoms with Crippen LogP contribution in [0.5, 0.6) is 0 Å². The molecule has 3 nitrogen and oxygen atoms in total. The topological polar surface area (TPSA) is 40.5 Å². The zero-order chi connectivity index (χ0) is 10.6. The fraction of sp³-hybridized carbons (Fsp3) is 0.727. The van der Waals surface area contributed by atoms with E-state index in [1.165, 1.54) is 6.42 Å². The molecular formula is C11H19NO2. The van der Waals surface area contributed by atoms with E-state index < -0.39 is 5.97 Å². The minimum Gasteiger partial charge on any atom is -0.478 e. The van der Waals surface area contributed by atoms with Gasteiger partial charge in [0.1, 0.15) is 0 Å². The Hall–Kier alpha value is -0.830. The quantitative estimate of drug-likeness (QED) is 0.698. The van der Waals surface area contributed by atoms with Gasteiger partial charge in [-0.2, -0.15) is 0 Å². The van der Waals surface area contributed by atoms with Crippen LogP contribution in [0.4, 0.5) is 0 Å². The van der Waals surface area contributed by atoms with Crippen LogP contribution in [0.15, 0.2) is 12.2 Å². The van der Waals surface area contributed by atoms with Crippen LogP contribution >= 0.6 is 0 Å². The average molecular weight is 197 g/mol. The van der Waals surface area contributed by atoms with Crippen molar-refractivity contribution in [3.63, 3.8) is 0 Å². The summed E-state index contributed by atoms with van der Waals surface area (Å²) in [5.74, 6) is -0.356. The molecule has 0 saturated carbocycles. The molecule has 0 aromatic carbocycles. The van der Waals surface area contributed by atoms with Crippen LogP contribution in [-0.2, 0) is 4.79 Å². The molecule has 14 heavy (non-hydrogen) atoms. The highest BCUT2D eigenvalue weighted by Crippen LogP contribution is 2.22. The van der Waals surface area contributed by atoms with Crippen molar-refractivity contribution in [1.29, 1.82) is 0 Å². The summed E-state index contributed by atoms with van der Waals surface area (Å²) >= 11 is 0. The van der Waals surface area contributed by atoms with E-state index >= 15 is 0 Å². The van der Waals surface area contributed by atoms with Crippen LogP contribution in [0.3, 0.4) is 0 Å². The second-order valence-electron chi connectivity index (χ2n) is 4.01. The van der Waals surface area contributed by atoms with Crippen molar-refractivity contribution in [2.24, 2.45) is 5.92 Å². The van der Waals surface area contributed by atoms with Crippen LogP contribution in [0.1, 0.15) is 26.2 Å². The van der Waals surface area contributed by atoms with Gasteiger partial charge in [0, 0.05) is 12.1 Å². The third kappa shape index (κ3) is 3.14. The zero-order valence-electron chi connectivity index (χ0n) is 8.83. The van der Waals surface area contributed by atoms with Crippen molar-refractivity contribution in [3.8, 4) is 0 Å². The molecule has 0 amide bonds. The molecule has 1 fully saturated rings. The Balaban J connectivity index is 2.37. The van der Waals surface area contributed by atoms with Crippen molar-refractivity contribution in [1.82, 2.24) is 4.90 Å². The lowest BCUT2D eigenvalue weighted by atomic mass is 9.92. The summed E-state index contributed by atoms with van der Waals surface area (Å²) in [6.45, 7) is 8.98. The summed E-state index contributed by atoms with van der Waals surface area (Å²) in [7, 11) is 0. The summed E-state index contributed by atoms with van der Waals surface area (Å²) in [5, 5.41) is 8.72. The molecule has 1 atom stereocenters. The summed E-state index contributed by atoms with van der Waals surface area (Å²) in [6.07, 6.45) is 2.97. The number of hydrogen-bond donors (Lipinski definition) is 1. The largest absolute Gasteiger partial charge is 0.478 e. The van der Waals surface area contributed by atoms with E-state index in [4.69, 9.17) is 5.11 Å². The van der Waals surface area contributed by atoms with Gasteiger partial charge in [-0.05, 0) is 38.3 Å². The van der Waals surface area contributed by atoms with Gasteiger partial charge in [0.05, 0.1) is 0 Å². The second kappa shape index (κ2) is 5.15. The SMILES string of the molecule is C=C(CC1CCCN(CC)C1)C(=O)O. The molecule has 1 saturated heterocycles. The number of nitrogens with zero attached hydrogens (tertiary/aromatic N) is 1. The Kier molecular flexibility index (Phi) is 4.14. The Labute approximate surface area is 85.4 Å². The molecule has 0 aromatic rings. The smallest absolute Gasteiger partial charge is 0.330 e. The van der Waals surface area contributed by atoms with Crippen molar-refractivity contribution in [2.75, 3.05) is 19.6 Å². The van der Waals surface area contributed by atoms with Crippen LogP contribution in [0.2, 0.25) is 0 Å². The standard InChI is InChI=1S/C11H19NO2/c1-3-12-6-4-5-10(8-12)7-9(2)11(13)14/h10H,2-8H2,1H3,(H,13,14). The number of carbonyl (C=O) groups is 1. The van der Waals surface area contributed by atoms with Crippen LogP contribution in [-0.4, -0.2) is 35.6 Å². The normalized spacial score (nSPS) is 23.4. The van der Waals surface area contributed by atoms with Gasteiger partial charge in [0.15, 0.2) is 0 Å². The van der Waals surface area contributed by atoms with E-state index in [2.05, 4.69) is 18.4 Å². The predicted molar refractivity (Wildman–Crippen MR) is 56.2 cm³/mol. The highest BCUT2D eigenvalue weighted by molar-refractivity contribution is 5.85. The highest BCUT2D eigenvalue weighted by Gasteiger charge is 2.20. The molecule has 1 rings (SSSR count). The molecule has 1 N–H and O–H groups in total. The fourth-order valence-electron chi connectivity index (χ4n) is 2.04. The third-order valence-corrected chi connectivity index (χ3v) is 2.89. The first kappa shape index (κ1) is 11.2. The van der Waals surface area contributed by atoms with Crippen molar-refractivity contribution in [2.45, 2.75) is 26.2 Å². The van der Waals surface area contributed by atoms with E-state index in [1.807, 2.05) is 0 Å². The molecule has 1 aliphatic rings. The van der Waals surface area contributed by atoms with Gasteiger partial charge >= 0.3 is 5.97 Å². The minimum atomic E-state index is -0.848. The van der Waals surface area contributed by atoms with Gasteiger partial charge in [0.25, 0.3) is 0 Å². The van der Waals surface area contributed by atoms with Crippen molar-refractivity contribution in [3.05, 3.63) is 12.2 Å². The molecule has 0 aromatic heterocycles. The second-order valence-corrected chi connectivity index (χ2v) is 4.01. The van der Waals surface area contributed by atoms with Crippen LogP contribution in [0.25, 0.3) is 0 Å². The first-order chi connectivity index (χ1) is 6.63. The molecule has 1 heterocycles. The Morgan fingerprint density at radius 1 is 1.64 bits per heavy atom. The van der Waals surface area contributed by atoms with Gasteiger partial charge in [-0.1, -0.05) is 13.5 Å². The van der Waals surface area contributed by atoms with Gasteiger partial charge in [-0.15, -0.1) is 0 Å². The maximum atomic E-state index is 10.6. The van der Waals surface area contributed by atoms with Gasteiger partial charge in [0.2, 0.25) is 0 Å². The maximum Gasteiger partial charge on any atom is 0.330 e. The summed E-state index contributed by atoms with van der Waals surface area (Å²) in [4.78, 5) is 13.0. The molecule has 0 bridgehead atoms. The molecule has 0 radical (unpaired) electrons. The molecule has 0 aliphatic carbocycles.